The second kappa shape index (κ2) is 6.65. The summed E-state index contributed by atoms with van der Waals surface area (Å²) in [5, 5.41) is 0. The fraction of sp³-hybridized carbons (Fsp3) is 0.238. The van der Waals surface area contributed by atoms with Gasteiger partial charge in [0, 0.05) is 31.6 Å². The Morgan fingerprint density at radius 2 is 1.84 bits per heavy atom. The molecular weight excluding hydrogens is 310 g/mol. The van der Waals surface area contributed by atoms with Crippen LogP contribution in [0, 0.1) is 6.92 Å². The maximum absolute atomic E-state index is 12.6. The molecule has 1 aromatic heterocycles. The summed E-state index contributed by atoms with van der Waals surface area (Å²) in [7, 11) is 0. The zero-order valence-electron chi connectivity index (χ0n) is 14.3. The predicted octanol–water partition coefficient (Wildman–Crippen LogP) is 3.30. The first kappa shape index (κ1) is 15.8. The summed E-state index contributed by atoms with van der Waals surface area (Å²) in [4.78, 5) is 22.6. The first-order valence-corrected chi connectivity index (χ1v) is 8.64. The van der Waals surface area contributed by atoms with Crippen molar-refractivity contribution < 1.29 is 0 Å². The molecule has 4 heteroatoms. The highest BCUT2D eigenvalue weighted by Crippen LogP contribution is 2.20. The second-order valence-corrected chi connectivity index (χ2v) is 6.65. The molecule has 4 nitrogen and oxygen atoms in total. The summed E-state index contributed by atoms with van der Waals surface area (Å²) < 4.78 is 0. The number of nitrogens with one attached hydrogen (secondary N) is 1. The summed E-state index contributed by atoms with van der Waals surface area (Å²) in [5.74, 6) is 0.663. The molecule has 2 aromatic carbocycles. The van der Waals surface area contributed by atoms with E-state index >= 15 is 0 Å². The molecule has 1 aliphatic heterocycles. The van der Waals surface area contributed by atoms with Crippen LogP contribution in [0.25, 0.3) is 11.4 Å². The lowest BCUT2D eigenvalue weighted by Crippen LogP contribution is -2.35. The fourth-order valence-electron chi connectivity index (χ4n) is 3.30. The molecule has 126 valence electrons. The lowest BCUT2D eigenvalue weighted by atomic mass is 10.0. The van der Waals surface area contributed by atoms with E-state index in [9.17, 15) is 4.79 Å². The Morgan fingerprint density at radius 3 is 2.60 bits per heavy atom. The van der Waals surface area contributed by atoms with Crippen LogP contribution in [0.3, 0.4) is 0 Å². The number of nitrogens with zero attached hydrogens (tertiary/aromatic N) is 2. The maximum Gasteiger partial charge on any atom is 0.255 e. The molecule has 3 aromatic rings. The minimum absolute atomic E-state index is 0.0162. The van der Waals surface area contributed by atoms with Gasteiger partial charge < -0.3 is 4.98 Å². The number of aromatic nitrogens is 2. The second-order valence-electron chi connectivity index (χ2n) is 6.65. The van der Waals surface area contributed by atoms with E-state index in [1.165, 1.54) is 11.1 Å². The monoisotopic (exact) mass is 331 g/mol. The van der Waals surface area contributed by atoms with Crippen molar-refractivity contribution in [1.29, 1.82) is 0 Å². The van der Waals surface area contributed by atoms with Crippen LogP contribution in [0.1, 0.15) is 22.4 Å². The normalized spacial score (nSPS) is 14.3. The smallest absolute Gasteiger partial charge is 0.255 e. The van der Waals surface area contributed by atoms with Crippen LogP contribution in [0.15, 0.2) is 59.4 Å². The molecule has 0 unspecified atom stereocenters. The molecule has 4 rings (SSSR count). The van der Waals surface area contributed by atoms with E-state index < -0.39 is 0 Å². The molecule has 0 aliphatic carbocycles. The molecule has 0 radical (unpaired) electrons. The molecule has 2 heterocycles. The molecular formula is C21H21N3O. The minimum Gasteiger partial charge on any atom is -0.306 e. The summed E-state index contributed by atoms with van der Waals surface area (Å²) in [5.41, 5.74) is 5.21. The average Bonchev–Trinajstić information content (AvgIpc) is 2.65. The van der Waals surface area contributed by atoms with Crippen LogP contribution in [0.4, 0.5) is 0 Å². The summed E-state index contributed by atoms with van der Waals surface area (Å²) in [6, 6.07) is 18.4. The number of H-pyrrole nitrogens is 1. The van der Waals surface area contributed by atoms with Crippen LogP contribution in [0.2, 0.25) is 0 Å². The number of aryl methyl sites for hydroxylation is 1. The molecule has 1 N–H and O–H groups in total. The molecule has 0 saturated heterocycles. The van der Waals surface area contributed by atoms with Gasteiger partial charge in [-0.3, -0.25) is 9.69 Å². The largest absolute Gasteiger partial charge is 0.306 e. The summed E-state index contributed by atoms with van der Waals surface area (Å²) in [6.07, 6.45) is 0.810. The molecule has 1 aliphatic rings. The Balaban J connectivity index is 1.57. The summed E-state index contributed by atoms with van der Waals surface area (Å²) >= 11 is 0. The fourth-order valence-corrected chi connectivity index (χ4v) is 3.30. The van der Waals surface area contributed by atoms with Crippen LogP contribution in [-0.2, 0) is 19.5 Å². The zero-order chi connectivity index (χ0) is 17.2. The Morgan fingerprint density at radius 1 is 1.08 bits per heavy atom. The van der Waals surface area contributed by atoms with Gasteiger partial charge in [-0.05, 0) is 12.5 Å². The van der Waals surface area contributed by atoms with Gasteiger partial charge in [0.25, 0.3) is 5.56 Å². The molecule has 0 bridgehead atoms. The Hall–Kier alpha value is -2.72. The number of benzene rings is 2. The van der Waals surface area contributed by atoms with E-state index in [0.29, 0.717) is 12.4 Å². The van der Waals surface area contributed by atoms with Gasteiger partial charge >= 0.3 is 0 Å². The third-order valence-electron chi connectivity index (χ3n) is 4.72. The van der Waals surface area contributed by atoms with Crippen molar-refractivity contribution in [2.75, 3.05) is 6.54 Å². The highest BCUT2D eigenvalue weighted by molar-refractivity contribution is 5.54. The Labute approximate surface area is 147 Å². The third kappa shape index (κ3) is 3.39. The van der Waals surface area contributed by atoms with Crippen LogP contribution in [-0.4, -0.2) is 21.4 Å². The number of aromatic amines is 1. The number of fused-ring (bicyclic) bond motifs is 1. The van der Waals surface area contributed by atoms with Crippen molar-refractivity contribution in [1.82, 2.24) is 14.9 Å². The van der Waals surface area contributed by atoms with E-state index in [1.807, 2.05) is 30.3 Å². The topological polar surface area (TPSA) is 49.0 Å². The zero-order valence-corrected chi connectivity index (χ0v) is 14.3. The van der Waals surface area contributed by atoms with Crippen molar-refractivity contribution in [3.05, 3.63) is 87.3 Å². The molecule has 0 amide bonds. The first-order chi connectivity index (χ1) is 12.2. The van der Waals surface area contributed by atoms with E-state index in [0.717, 1.165) is 36.3 Å². The van der Waals surface area contributed by atoms with E-state index in [1.54, 1.807) is 0 Å². The minimum atomic E-state index is -0.0162. The van der Waals surface area contributed by atoms with E-state index in [4.69, 9.17) is 4.98 Å². The van der Waals surface area contributed by atoms with Gasteiger partial charge in [0.1, 0.15) is 5.82 Å². The Kier molecular flexibility index (Phi) is 4.20. The van der Waals surface area contributed by atoms with Crippen LogP contribution < -0.4 is 5.56 Å². The van der Waals surface area contributed by atoms with Crippen LogP contribution >= 0.6 is 0 Å². The quantitative estimate of drug-likeness (QED) is 0.801. The van der Waals surface area contributed by atoms with Gasteiger partial charge in [0.05, 0.1) is 11.3 Å². The highest BCUT2D eigenvalue weighted by atomic mass is 16.1. The van der Waals surface area contributed by atoms with Gasteiger partial charge in [-0.25, -0.2) is 4.98 Å². The van der Waals surface area contributed by atoms with Crippen molar-refractivity contribution in [3.8, 4) is 11.4 Å². The molecule has 0 spiro atoms. The first-order valence-electron chi connectivity index (χ1n) is 8.64. The van der Waals surface area contributed by atoms with Crippen LogP contribution in [0.5, 0.6) is 0 Å². The van der Waals surface area contributed by atoms with E-state index in [2.05, 4.69) is 41.1 Å². The number of hydrogen-bond acceptors (Lipinski definition) is 3. The molecule has 25 heavy (non-hydrogen) atoms. The van der Waals surface area contributed by atoms with E-state index in [-0.39, 0.29) is 5.56 Å². The Bertz CT molecular complexity index is 930. The lowest BCUT2D eigenvalue weighted by Gasteiger charge is -2.27. The predicted molar refractivity (Wildman–Crippen MR) is 99.3 cm³/mol. The van der Waals surface area contributed by atoms with Crippen molar-refractivity contribution in [2.45, 2.75) is 26.4 Å². The standard InChI is InChI=1S/C21H21N3O/c1-15-7-9-16(10-8-15)13-24-12-11-19-18(14-24)21(25)23-20(22-19)17-5-3-2-4-6-17/h2-10H,11-14H2,1H3,(H,22,23,25). The summed E-state index contributed by atoms with van der Waals surface area (Å²) in [6.45, 7) is 4.53. The van der Waals surface area contributed by atoms with Gasteiger partial charge in [0.15, 0.2) is 0 Å². The van der Waals surface area contributed by atoms with Crippen molar-refractivity contribution in [3.63, 3.8) is 0 Å². The van der Waals surface area contributed by atoms with Gasteiger partial charge in [-0.2, -0.15) is 0 Å². The van der Waals surface area contributed by atoms with Gasteiger partial charge in [-0.15, -0.1) is 0 Å². The number of hydrogen-bond donors (Lipinski definition) is 1. The highest BCUT2D eigenvalue weighted by Gasteiger charge is 2.21. The maximum atomic E-state index is 12.6. The van der Waals surface area contributed by atoms with Gasteiger partial charge in [-0.1, -0.05) is 60.2 Å². The third-order valence-corrected chi connectivity index (χ3v) is 4.72. The molecule has 0 atom stereocenters. The van der Waals surface area contributed by atoms with Gasteiger partial charge in [0.2, 0.25) is 0 Å². The lowest BCUT2D eigenvalue weighted by molar-refractivity contribution is 0.242. The SMILES string of the molecule is Cc1ccc(CN2CCc3nc(-c4ccccc4)[nH]c(=O)c3C2)cc1. The van der Waals surface area contributed by atoms with Crippen molar-refractivity contribution >= 4 is 0 Å². The molecule has 0 fully saturated rings. The molecule has 0 saturated carbocycles. The number of rotatable bonds is 3. The average molecular weight is 331 g/mol. The van der Waals surface area contributed by atoms with Crippen molar-refractivity contribution in [2.24, 2.45) is 0 Å².